The van der Waals surface area contributed by atoms with E-state index in [-0.39, 0.29) is 17.2 Å². The van der Waals surface area contributed by atoms with E-state index in [4.69, 9.17) is 20.4 Å². The zero-order valence-electron chi connectivity index (χ0n) is 17.7. The zero-order valence-corrected chi connectivity index (χ0v) is 18.5. The maximum Gasteiger partial charge on any atom is 0.228 e. The Morgan fingerprint density at radius 2 is 1.75 bits per heavy atom. The van der Waals surface area contributed by atoms with Crippen LogP contribution in [0.5, 0.6) is 0 Å². The van der Waals surface area contributed by atoms with Crippen LogP contribution in [0.2, 0.25) is 0 Å². The summed E-state index contributed by atoms with van der Waals surface area (Å²) in [7, 11) is -3.13. The fourth-order valence-corrected chi connectivity index (χ4v) is 6.54. The summed E-state index contributed by atoms with van der Waals surface area (Å²) in [6, 6.07) is 0.132. The van der Waals surface area contributed by atoms with E-state index < -0.39 is 10.0 Å². The van der Waals surface area contributed by atoms with Crippen LogP contribution in [0.4, 0.5) is 17.7 Å². The molecule has 0 amide bonds. The minimum atomic E-state index is -3.13. The van der Waals surface area contributed by atoms with Gasteiger partial charge in [0.25, 0.3) is 0 Å². The van der Waals surface area contributed by atoms with Crippen molar-refractivity contribution in [1.82, 2.24) is 24.2 Å². The third-order valence-electron chi connectivity index (χ3n) is 6.66. The highest BCUT2D eigenvalue weighted by Crippen LogP contribution is 2.39. The molecule has 12 heteroatoms. The maximum atomic E-state index is 12.5. The highest BCUT2D eigenvalue weighted by atomic mass is 32.2. The van der Waals surface area contributed by atoms with Crippen molar-refractivity contribution in [3.05, 3.63) is 18.0 Å². The molecule has 2 aromatic rings. The van der Waals surface area contributed by atoms with Crippen LogP contribution in [-0.4, -0.2) is 89.9 Å². The summed E-state index contributed by atoms with van der Waals surface area (Å²) < 4.78 is 32.2. The van der Waals surface area contributed by atoms with Crippen LogP contribution in [-0.2, 0) is 21.2 Å². The van der Waals surface area contributed by atoms with Crippen molar-refractivity contribution in [3.63, 3.8) is 0 Å². The predicted molar refractivity (Wildman–Crippen MR) is 119 cm³/mol. The number of nitrogen functional groups attached to an aromatic ring is 1. The number of ether oxygens (including phenoxy) is 1. The van der Waals surface area contributed by atoms with Crippen molar-refractivity contribution in [1.29, 1.82) is 0 Å². The minimum Gasteiger partial charge on any atom is -0.378 e. The van der Waals surface area contributed by atoms with Gasteiger partial charge in [-0.15, -0.1) is 0 Å². The average Bonchev–Trinajstić information content (AvgIpc) is 3.56. The Labute approximate surface area is 186 Å². The third kappa shape index (κ3) is 3.37. The molecule has 0 radical (unpaired) electrons. The Kier molecular flexibility index (Phi) is 4.70. The van der Waals surface area contributed by atoms with E-state index in [0.717, 1.165) is 61.5 Å². The SMILES string of the molecule is Nc1ncc(-c2nc(N3CCOCC3)nc3c2CCN3C2CN(S(=O)(=O)C3CC3)C2)cn1. The Balaban J connectivity index is 1.33. The lowest BCUT2D eigenvalue weighted by atomic mass is 10.1. The topological polar surface area (TPSA) is 131 Å². The summed E-state index contributed by atoms with van der Waals surface area (Å²) in [5, 5.41) is -0.165. The predicted octanol–water partition coefficient (Wildman–Crippen LogP) is -0.109. The van der Waals surface area contributed by atoms with Crippen LogP contribution in [0.3, 0.4) is 0 Å². The van der Waals surface area contributed by atoms with Crippen molar-refractivity contribution in [2.24, 2.45) is 0 Å². The molecule has 0 aromatic carbocycles. The highest BCUT2D eigenvalue weighted by molar-refractivity contribution is 7.90. The number of sulfonamides is 1. The Morgan fingerprint density at radius 3 is 2.44 bits per heavy atom. The molecule has 2 saturated heterocycles. The molecule has 3 aliphatic heterocycles. The fourth-order valence-electron chi connectivity index (χ4n) is 4.62. The molecule has 32 heavy (non-hydrogen) atoms. The monoisotopic (exact) mass is 458 g/mol. The van der Waals surface area contributed by atoms with Crippen molar-refractivity contribution < 1.29 is 13.2 Å². The highest BCUT2D eigenvalue weighted by Gasteiger charge is 2.47. The van der Waals surface area contributed by atoms with Gasteiger partial charge in [-0.05, 0) is 19.3 Å². The van der Waals surface area contributed by atoms with Gasteiger partial charge in [-0.25, -0.2) is 23.4 Å². The van der Waals surface area contributed by atoms with Crippen molar-refractivity contribution in [2.45, 2.75) is 30.6 Å². The van der Waals surface area contributed by atoms with E-state index in [1.807, 2.05) is 0 Å². The number of hydrogen-bond donors (Lipinski definition) is 1. The van der Waals surface area contributed by atoms with E-state index >= 15 is 0 Å². The molecule has 4 aliphatic rings. The van der Waals surface area contributed by atoms with Gasteiger partial charge in [-0.2, -0.15) is 9.29 Å². The standard InChI is InChI=1S/C20H26N8O3S/c21-19-22-9-13(10-23-19)17-16-3-4-28(14-11-27(12-14)32(29,30)15-1-2-15)18(16)25-20(24-17)26-5-7-31-8-6-26/h9-10,14-15H,1-8,11-12H2,(H2,21,22,23). The summed E-state index contributed by atoms with van der Waals surface area (Å²) in [6.07, 6.45) is 5.77. The molecular weight excluding hydrogens is 432 g/mol. The molecule has 2 aromatic heterocycles. The molecule has 170 valence electrons. The van der Waals surface area contributed by atoms with Gasteiger partial charge in [-0.1, -0.05) is 0 Å². The second-order valence-electron chi connectivity index (χ2n) is 8.76. The summed E-state index contributed by atoms with van der Waals surface area (Å²) in [6.45, 7) is 4.58. The minimum absolute atomic E-state index is 0.132. The van der Waals surface area contributed by atoms with Crippen LogP contribution < -0.4 is 15.5 Å². The average molecular weight is 459 g/mol. The molecule has 5 heterocycles. The molecule has 0 atom stereocenters. The lowest BCUT2D eigenvalue weighted by Gasteiger charge is -2.43. The van der Waals surface area contributed by atoms with Crippen LogP contribution in [0, 0.1) is 0 Å². The summed E-state index contributed by atoms with van der Waals surface area (Å²) in [5.41, 5.74) is 8.37. The van der Waals surface area contributed by atoms with Gasteiger partial charge in [0.15, 0.2) is 0 Å². The molecule has 2 N–H and O–H groups in total. The van der Waals surface area contributed by atoms with Gasteiger partial charge in [0.05, 0.1) is 30.2 Å². The molecule has 1 aliphatic carbocycles. The first-order valence-corrected chi connectivity index (χ1v) is 12.6. The van der Waals surface area contributed by atoms with Gasteiger partial charge in [0.1, 0.15) is 5.82 Å². The Bertz CT molecular complexity index is 1130. The van der Waals surface area contributed by atoms with E-state index in [0.29, 0.717) is 32.3 Å². The Hall–Kier alpha value is -2.57. The number of fused-ring (bicyclic) bond motifs is 1. The molecule has 6 rings (SSSR count). The first kappa shape index (κ1) is 20.1. The summed E-state index contributed by atoms with van der Waals surface area (Å²) in [5.74, 6) is 1.77. The van der Waals surface area contributed by atoms with Gasteiger partial charge >= 0.3 is 0 Å². The molecule has 0 spiro atoms. The number of morpholine rings is 1. The Morgan fingerprint density at radius 1 is 1.03 bits per heavy atom. The maximum absolute atomic E-state index is 12.5. The number of hydrogen-bond acceptors (Lipinski definition) is 10. The summed E-state index contributed by atoms with van der Waals surface area (Å²) >= 11 is 0. The van der Waals surface area contributed by atoms with Gasteiger partial charge in [0, 0.05) is 56.2 Å². The smallest absolute Gasteiger partial charge is 0.228 e. The molecule has 0 unspecified atom stereocenters. The van der Waals surface area contributed by atoms with E-state index in [2.05, 4.69) is 19.8 Å². The number of anilines is 3. The van der Waals surface area contributed by atoms with Gasteiger partial charge < -0.3 is 20.3 Å². The molecular formula is C20H26N8O3S. The van der Waals surface area contributed by atoms with Crippen LogP contribution >= 0.6 is 0 Å². The lowest BCUT2D eigenvalue weighted by molar-refractivity contribution is 0.122. The van der Waals surface area contributed by atoms with Crippen LogP contribution in [0.15, 0.2) is 12.4 Å². The van der Waals surface area contributed by atoms with Gasteiger partial charge in [-0.3, -0.25) is 0 Å². The number of aromatic nitrogens is 4. The normalized spacial score (nSPS) is 22.1. The molecule has 1 saturated carbocycles. The molecule has 0 bridgehead atoms. The molecule has 11 nitrogen and oxygen atoms in total. The van der Waals surface area contributed by atoms with Crippen molar-refractivity contribution >= 4 is 27.7 Å². The quantitative estimate of drug-likeness (QED) is 0.647. The number of nitrogens with two attached hydrogens (primary N) is 1. The van der Waals surface area contributed by atoms with Crippen molar-refractivity contribution in [3.8, 4) is 11.3 Å². The zero-order chi connectivity index (χ0) is 21.9. The second-order valence-corrected chi connectivity index (χ2v) is 11.0. The number of rotatable bonds is 5. The van der Waals surface area contributed by atoms with Crippen LogP contribution in [0.25, 0.3) is 11.3 Å². The fraction of sp³-hybridized carbons (Fsp3) is 0.600. The van der Waals surface area contributed by atoms with Crippen LogP contribution in [0.1, 0.15) is 18.4 Å². The third-order valence-corrected chi connectivity index (χ3v) is 8.99. The van der Waals surface area contributed by atoms with E-state index in [9.17, 15) is 8.42 Å². The van der Waals surface area contributed by atoms with Crippen molar-refractivity contribution in [2.75, 3.05) is 61.5 Å². The largest absolute Gasteiger partial charge is 0.378 e. The van der Waals surface area contributed by atoms with E-state index in [1.54, 1.807) is 16.7 Å². The number of nitrogens with zero attached hydrogens (tertiary/aromatic N) is 7. The lowest BCUT2D eigenvalue weighted by Crippen LogP contribution is -2.61. The second kappa shape index (κ2) is 7.49. The van der Waals surface area contributed by atoms with E-state index in [1.165, 1.54) is 0 Å². The summed E-state index contributed by atoms with van der Waals surface area (Å²) in [4.78, 5) is 22.5. The first-order valence-electron chi connectivity index (χ1n) is 11.1. The molecule has 3 fully saturated rings. The first-order chi connectivity index (χ1) is 15.5. The van der Waals surface area contributed by atoms with Gasteiger partial charge in [0.2, 0.25) is 21.9 Å².